The highest BCUT2D eigenvalue weighted by Crippen LogP contribution is 2.37. The monoisotopic (exact) mass is 271 g/mol. The van der Waals surface area contributed by atoms with Crippen molar-refractivity contribution >= 4 is 0 Å². The molecular formula is C14H23F2N3. The summed E-state index contributed by atoms with van der Waals surface area (Å²) in [6.45, 7) is 2.91. The molecule has 1 atom stereocenters. The third-order valence-electron chi connectivity index (χ3n) is 4.17. The molecule has 0 radical (unpaired) electrons. The Kier molecular flexibility index (Phi) is 4.55. The van der Waals surface area contributed by atoms with Crippen LogP contribution in [0.4, 0.5) is 8.78 Å². The minimum atomic E-state index is -2.44. The first kappa shape index (κ1) is 14.4. The van der Waals surface area contributed by atoms with Crippen molar-refractivity contribution in [2.75, 3.05) is 7.05 Å². The average Bonchev–Trinajstić information content (AvgIpc) is 2.84. The lowest BCUT2D eigenvalue weighted by atomic mass is 9.80. The third-order valence-corrected chi connectivity index (χ3v) is 4.17. The van der Waals surface area contributed by atoms with Crippen LogP contribution in [-0.4, -0.2) is 28.8 Å². The van der Waals surface area contributed by atoms with E-state index in [0.717, 1.165) is 13.0 Å². The van der Waals surface area contributed by atoms with Gasteiger partial charge < -0.3 is 5.32 Å². The third kappa shape index (κ3) is 3.75. The number of halogens is 2. The van der Waals surface area contributed by atoms with Crippen molar-refractivity contribution in [3.05, 3.63) is 18.0 Å². The van der Waals surface area contributed by atoms with Crippen LogP contribution >= 0.6 is 0 Å². The Labute approximate surface area is 113 Å². The second kappa shape index (κ2) is 5.99. The second-order valence-electron chi connectivity index (χ2n) is 5.50. The van der Waals surface area contributed by atoms with Gasteiger partial charge >= 0.3 is 0 Å². The molecule has 1 heterocycles. The van der Waals surface area contributed by atoms with Crippen molar-refractivity contribution in [2.45, 2.75) is 57.5 Å². The number of rotatable bonds is 5. The molecule has 1 saturated carbocycles. The van der Waals surface area contributed by atoms with Gasteiger partial charge in [-0.05, 0) is 44.7 Å². The van der Waals surface area contributed by atoms with Gasteiger partial charge in [0.1, 0.15) is 0 Å². The van der Waals surface area contributed by atoms with E-state index in [1.807, 2.05) is 24.1 Å². The molecule has 1 aliphatic carbocycles. The number of nitrogens with one attached hydrogen (secondary N) is 1. The number of hydrogen-bond acceptors (Lipinski definition) is 2. The zero-order valence-corrected chi connectivity index (χ0v) is 11.7. The Bertz CT molecular complexity index is 393. The first-order valence-corrected chi connectivity index (χ1v) is 7.10. The average molecular weight is 271 g/mol. The fraction of sp³-hybridized carbons (Fsp3) is 0.786. The molecule has 5 heteroatoms. The van der Waals surface area contributed by atoms with Crippen LogP contribution in [0.25, 0.3) is 0 Å². The van der Waals surface area contributed by atoms with Gasteiger partial charge in [0.15, 0.2) is 0 Å². The molecule has 0 aliphatic heterocycles. The number of hydrogen-bond donors (Lipinski definition) is 1. The van der Waals surface area contributed by atoms with E-state index < -0.39 is 5.92 Å². The molecule has 0 spiro atoms. The van der Waals surface area contributed by atoms with Gasteiger partial charge in [-0.3, -0.25) is 4.68 Å². The van der Waals surface area contributed by atoms with Crippen LogP contribution in [0.5, 0.6) is 0 Å². The summed E-state index contributed by atoms with van der Waals surface area (Å²) in [7, 11) is 1.92. The normalized spacial score (nSPS) is 21.5. The maximum atomic E-state index is 13.2. The predicted molar refractivity (Wildman–Crippen MR) is 71.4 cm³/mol. The lowest BCUT2D eigenvalue weighted by molar-refractivity contribution is -0.0492. The maximum Gasteiger partial charge on any atom is 0.248 e. The van der Waals surface area contributed by atoms with Gasteiger partial charge in [0.05, 0.1) is 6.20 Å². The Morgan fingerprint density at radius 1 is 1.47 bits per heavy atom. The largest absolute Gasteiger partial charge is 0.316 e. The Balaban J connectivity index is 1.93. The summed E-state index contributed by atoms with van der Waals surface area (Å²) in [6, 6.07) is 0.269. The van der Waals surface area contributed by atoms with Crippen molar-refractivity contribution in [3.8, 4) is 0 Å². The van der Waals surface area contributed by atoms with Crippen molar-refractivity contribution in [1.29, 1.82) is 0 Å². The number of likely N-dealkylation sites (N-methyl/N-ethyl adjacent to an activating group) is 1. The van der Waals surface area contributed by atoms with E-state index in [2.05, 4.69) is 17.3 Å². The van der Waals surface area contributed by atoms with Gasteiger partial charge in [0.2, 0.25) is 5.92 Å². The minimum Gasteiger partial charge on any atom is -0.316 e. The predicted octanol–water partition coefficient (Wildman–Crippen LogP) is 2.86. The molecule has 1 aromatic heterocycles. The Morgan fingerprint density at radius 3 is 2.68 bits per heavy atom. The zero-order chi connectivity index (χ0) is 13.9. The van der Waals surface area contributed by atoms with Gasteiger partial charge in [0.25, 0.3) is 0 Å². The highest BCUT2D eigenvalue weighted by atomic mass is 19.3. The summed E-state index contributed by atoms with van der Waals surface area (Å²) in [5.74, 6) is -2.10. The summed E-state index contributed by atoms with van der Waals surface area (Å²) in [5.41, 5.74) is 1.18. The van der Waals surface area contributed by atoms with Gasteiger partial charge in [-0.25, -0.2) is 8.78 Å². The van der Waals surface area contributed by atoms with Crippen LogP contribution in [0.3, 0.4) is 0 Å². The van der Waals surface area contributed by atoms with E-state index in [1.165, 1.54) is 5.56 Å². The van der Waals surface area contributed by atoms with Crippen LogP contribution in [0.15, 0.2) is 12.4 Å². The number of aryl methyl sites for hydroxylation is 1. The molecule has 0 amide bonds. The van der Waals surface area contributed by atoms with Crippen LogP contribution in [0, 0.1) is 5.92 Å². The topological polar surface area (TPSA) is 29.9 Å². The smallest absolute Gasteiger partial charge is 0.248 e. The van der Waals surface area contributed by atoms with E-state index in [4.69, 9.17) is 0 Å². The van der Waals surface area contributed by atoms with Crippen molar-refractivity contribution in [2.24, 2.45) is 5.92 Å². The molecule has 1 fully saturated rings. The fourth-order valence-electron chi connectivity index (χ4n) is 2.91. The molecule has 1 N–H and O–H groups in total. The first-order chi connectivity index (χ1) is 9.04. The molecule has 108 valence electrons. The summed E-state index contributed by atoms with van der Waals surface area (Å²) < 4.78 is 28.3. The van der Waals surface area contributed by atoms with Gasteiger partial charge in [-0.2, -0.15) is 5.10 Å². The van der Waals surface area contributed by atoms with E-state index >= 15 is 0 Å². The molecule has 1 aromatic rings. The van der Waals surface area contributed by atoms with Gasteiger partial charge in [-0.1, -0.05) is 0 Å². The summed E-state index contributed by atoms with van der Waals surface area (Å²) in [6.07, 6.45) is 6.08. The van der Waals surface area contributed by atoms with Crippen molar-refractivity contribution in [3.63, 3.8) is 0 Å². The Hall–Kier alpha value is -0.970. The molecule has 1 aliphatic rings. The summed E-state index contributed by atoms with van der Waals surface area (Å²) in [4.78, 5) is 0. The van der Waals surface area contributed by atoms with Crippen molar-refractivity contribution < 1.29 is 8.78 Å². The molecule has 3 nitrogen and oxygen atoms in total. The standard InChI is InChI=1S/C14H23F2N3/c1-3-19-10-11(9-18-19)8-13(17-2)12-4-6-14(15,16)7-5-12/h9-10,12-13,17H,3-8H2,1-2H3. The molecule has 1 unspecified atom stereocenters. The number of alkyl halides is 2. The minimum absolute atomic E-state index is 0.0318. The van der Waals surface area contributed by atoms with Crippen LogP contribution in [0.1, 0.15) is 38.2 Å². The quantitative estimate of drug-likeness (QED) is 0.892. The fourth-order valence-corrected chi connectivity index (χ4v) is 2.91. The van der Waals surface area contributed by atoms with Gasteiger partial charge in [0, 0.05) is 31.6 Å². The van der Waals surface area contributed by atoms with E-state index in [-0.39, 0.29) is 18.9 Å². The molecule has 0 bridgehead atoms. The molecule has 19 heavy (non-hydrogen) atoms. The van der Waals surface area contributed by atoms with Gasteiger partial charge in [-0.15, -0.1) is 0 Å². The summed E-state index contributed by atoms with van der Waals surface area (Å²) in [5, 5.41) is 7.55. The highest BCUT2D eigenvalue weighted by Gasteiger charge is 2.37. The first-order valence-electron chi connectivity index (χ1n) is 7.10. The number of aromatic nitrogens is 2. The van der Waals surface area contributed by atoms with Crippen LogP contribution < -0.4 is 5.32 Å². The molecule has 2 rings (SSSR count). The lowest BCUT2D eigenvalue weighted by Gasteiger charge is -2.33. The number of nitrogens with zero attached hydrogens (tertiary/aromatic N) is 2. The molecular weight excluding hydrogens is 248 g/mol. The maximum absolute atomic E-state index is 13.2. The van der Waals surface area contributed by atoms with Crippen LogP contribution in [-0.2, 0) is 13.0 Å². The Morgan fingerprint density at radius 2 is 2.16 bits per heavy atom. The SMILES string of the molecule is CCn1cc(CC(NC)C2CCC(F)(F)CC2)cn1. The second-order valence-corrected chi connectivity index (χ2v) is 5.50. The zero-order valence-electron chi connectivity index (χ0n) is 11.7. The highest BCUT2D eigenvalue weighted by molar-refractivity contribution is 5.07. The molecule has 0 saturated heterocycles. The van der Waals surface area contributed by atoms with E-state index in [0.29, 0.717) is 18.8 Å². The van der Waals surface area contributed by atoms with E-state index in [9.17, 15) is 8.78 Å². The lowest BCUT2D eigenvalue weighted by Crippen LogP contribution is -2.39. The molecule has 0 aromatic carbocycles. The summed E-state index contributed by atoms with van der Waals surface area (Å²) >= 11 is 0. The van der Waals surface area contributed by atoms with E-state index in [1.54, 1.807) is 0 Å². The van der Waals surface area contributed by atoms with Crippen LogP contribution in [0.2, 0.25) is 0 Å². The van der Waals surface area contributed by atoms with Crippen molar-refractivity contribution in [1.82, 2.24) is 15.1 Å².